The van der Waals surface area contributed by atoms with Crippen molar-refractivity contribution in [2.45, 2.75) is 75.5 Å². The molecule has 0 aromatic heterocycles. The largest absolute Gasteiger partial charge is 0.271 e. The second-order valence-corrected chi connectivity index (χ2v) is 11.0. The average molecular weight is 504 g/mol. The van der Waals surface area contributed by atoms with Crippen LogP contribution in [0.3, 0.4) is 0 Å². The lowest BCUT2D eigenvalue weighted by Gasteiger charge is -2.24. The minimum atomic E-state index is -3.97. The van der Waals surface area contributed by atoms with Gasteiger partial charge in [-0.3, -0.25) is 9.10 Å². The van der Waals surface area contributed by atoms with Crippen LogP contribution in [0.25, 0.3) is 0 Å². The van der Waals surface area contributed by atoms with E-state index < -0.39 is 22.5 Å². The summed E-state index contributed by atoms with van der Waals surface area (Å²) >= 11 is 6.12. The van der Waals surface area contributed by atoms with Gasteiger partial charge in [0.05, 0.1) is 10.6 Å². The summed E-state index contributed by atoms with van der Waals surface area (Å²) in [5.41, 5.74) is 3.92. The minimum absolute atomic E-state index is 0.105. The number of amides is 1. The number of nitrogens with one attached hydrogen (secondary N) is 1. The van der Waals surface area contributed by atoms with Crippen molar-refractivity contribution in [3.63, 3.8) is 0 Å². The number of hydrazone groups is 1. The Hall–Kier alpha value is -2.38. The van der Waals surface area contributed by atoms with Crippen molar-refractivity contribution in [2.75, 3.05) is 10.8 Å². The van der Waals surface area contributed by atoms with Gasteiger partial charge in [-0.15, -0.1) is 0 Å². The Labute approximate surface area is 208 Å². The van der Waals surface area contributed by atoms with E-state index in [4.69, 9.17) is 11.6 Å². The molecule has 0 spiro atoms. The Bertz CT molecular complexity index is 1040. The maximum absolute atomic E-state index is 13.4. The van der Waals surface area contributed by atoms with E-state index in [1.807, 2.05) is 0 Å². The van der Waals surface area contributed by atoms with E-state index in [0.717, 1.165) is 35.7 Å². The Morgan fingerprint density at radius 2 is 1.44 bits per heavy atom. The molecule has 1 fully saturated rings. The fourth-order valence-electron chi connectivity index (χ4n) is 4.11. The Balaban J connectivity index is 1.74. The van der Waals surface area contributed by atoms with Gasteiger partial charge in [-0.1, -0.05) is 80.8 Å². The van der Waals surface area contributed by atoms with Gasteiger partial charge in [0.15, 0.2) is 0 Å². The molecule has 0 saturated heterocycles. The summed E-state index contributed by atoms with van der Waals surface area (Å²) < 4.78 is 27.8. The van der Waals surface area contributed by atoms with Gasteiger partial charge in [-0.2, -0.15) is 5.10 Å². The molecule has 0 unspecified atom stereocenters. The smallest absolute Gasteiger partial charge is 0.264 e. The number of anilines is 1. The number of carbonyl (C=O) groups is 1. The highest BCUT2D eigenvalue weighted by atomic mass is 35.5. The van der Waals surface area contributed by atoms with Crippen LogP contribution in [0, 0.1) is 0 Å². The molecule has 1 amide bonds. The van der Waals surface area contributed by atoms with E-state index in [9.17, 15) is 13.2 Å². The summed E-state index contributed by atoms with van der Waals surface area (Å²) in [7, 11) is -3.97. The van der Waals surface area contributed by atoms with Crippen LogP contribution < -0.4 is 9.73 Å². The normalized spacial score (nSPS) is 16.1. The fourth-order valence-corrected chi connectivity index (χ4v) is 5.72. The molecule has 8 heteroatoms. The number of rotatable bonds is 6. The lowest BCUT2D eigenvalue weighted by Crippen LogP contribution is -2.39. The second-order valence-electron chi connectivity index (χ2n) is 8.70. The van der Waals surface area contributed by atoms with Gasteiger partial charge < -0.3 is 0 Å². The molecule has 2 aromatic rings. The first kappa shape index (κ1) is 26.2. The van der Waals surface area contributed by atoms with Crippen molar-refractivity contribution in [1.82, 2.24) is 5.43 Å². The third-order valence-corrected chi connectivity index (χ3v) is 8.01. The summed E-state index contributed by atoms with van der Waals surface area (Å²) in [5, 5.41) is 4.79. The van der Waals surface area contributed by atoms with Crippen molar-refractivity contribution in [3.05, 3.63) is 59.6 Å². The highest BCUT2D eigenvalue weighted by molar-refractivity contribution is 7.92. The topological polar surface area (TPSA) is 78.8 Å². The third kappa shape index (κ3) is 8.13. The molecule has 1 aliphatic carbocycles. The molecule has 0 bridgehead atoms. The highest BCUT2D eigenvalue weighted by Gasteiger charge is 2.27. The van der Waals surface area contributed by atoms with E-state index in [1.165, 1.54) is 63.1 Å². The number of carbonyl (C=O) groups excluding carboxylic acids is 1. The molecule has 0 aliphatic heterocycles. The number of benzene rings is 2. The van der Waals surface area contributed by atoms with Crippen molar-refractivity contribution in [1.29, 1.82) is 0 Å². The molecule has 0 heterocycles. The Morgan fingerprint density at radius 3 is 2.03 bits per heavy atom. The van der Waals surface area contributed by atoms with Crippen LogP contribution in [0.4, 0.5) is 5.69 Å². The SMILES string of the molecule is O=C(CN(c1cccc(Cl)c1)S(=O)(=O)c1ccccc1)NN=C1CCCCCCCCCCC1. The number of sulfonamides is 1. The molecule has 0 atom stereocenters. The number of halogens is 1. The average Bonchev–Trinajstić information content (AvgIpc) is 2.82. The van der Waals surface area contributed by atoms with Crippen LogP contribution in [0.5, 0.6) is 0 Å². The zero-order valence-corrected chi connectivity index (χ0v) is 21.2. The third-order valence-electron chi connectivity index (χ3n) is 5.98. The van der Waals surface area contributed by atoms with Crippen LogP contribution in [0.15, 0.2) is 64.6 Å². The van der Waals surface area contributed by atoms with Crippen molar-refractivity contribution >= 4 is 38.9 Å². The lowest BCUT2D eigenvalue weighted by atomic mass is 10.00. The van der Waals surface area contributed by atoms with Gasteiger partial charge in [-0.25, -0.2) is 13.8 Å². The zero-order chi connectivity index (χ0) is 24.2. The van der Waals surface area contributed by atoms with E-state index >= 15 is 0 Å². The van der Waals surface area contributed by atoms with E-state index in [-0.39, 0.29) is 4.90 Å². The van der Waals surface area contributed by atoms with Gasteiger partial charge in [0.25, 0.3) is 15.9 Å². The quantitative estimate of drug-likeness (QED) is 0.469. The van der Waals surface area contributed by atoms with Crippen molar-refractivity contribution < 1.29 is 13.2 Å². The van der Waals surface area contributed by atoms with Gasteiger partial charge in [-0.05, 0) is 56.0 Å². The Morgan fingerprint density at radius 1 is 0.853 bits per heavy atom. The van der Waals surface area contributed by atoms with Crippen molar-refractivity contribution in [3.8, 4) is 0 Å². The van der Waals surface area contributed by atoms with Crippen LogP contribution in [0.2, 0.25) is 5.02 Å². The molecular formula is C26H34ClN3O3S. The van der Waals surface area contributed by atoms with Gasteiger partial charge in [0.2, 0.25) is 0 Å². The van der Waals surface area contributed by atoms with Crippen molar-refractivity contribution in [2.24, 2.45) is 5.10 Å². The molecule has 184 valence electrons. The Kier molecular flexibility index (Phi) is 10.4. The molecule has 6 nitrogen and oxygen atoms in total. The van der Waals surface area contributed by atoms with E-state index in [2.05, 4.69) is 10.5 Å². The molecule has 1 N–H and O–H groups in total. The predicted octanol–water partition coefficient (Wildman–Crippen LogP) is 6.31. The summed E-state index contributed by atoms with van der Waals surface area (Å²) in [6.45, 7) is -0.394. The first-order valence-electron chi connectivity index (χ1n) is 12.1. The standard InChI is InChI=1S/C26H34ClN3O3S/c27-22-14-13-17-24(20-22)30(34(32,33)25-18-11-8-12-19-25)21-26(31)29-28-23-15-9-6-4-2-1-3-5-7-10-16-23/h8,11-14,17-20H,1-7,9-10,15-16,21H2,(H,29,31). The number of hydrogen-bond donors (Lipinski definition) is 1. The maximum atomic E-state index is 13.4. The summed E-state index contributed by atoms with van der Waals surface area (Å²) in [6, 6.07) is 14.5. The minimum Gasteiger partial charge on any atom is -0.271 e. The zero-order valence-electron chi connectivity index (χ0n) is 19.6. The highest BCUT2D eigenvalue weighted by Crippen LogP contribution is 2.26. The molecular weight excluding hydrogens is 470 g/mol. The number of nitrogens with zero attached hydrogens (tertiary/aromatic N) is 2. The van der Waals surface area contributed by atoms with Gasteiger partial charge in [0, 0.05) is 10.7 Å². The predicted molar refractivity (Wildman–Crippen MR) is 139 cm³/mol. The van der Waals surface area contributed by atoms with Gasteiger partial charge in [0.1, 0.15) is 6.54 Å². The van der Waals surface area contributed by atoms with Crippen LogP contribution in [0.1, 0.15) is 70.6 Å². The van der Waals surface area contributed by atoms with E-state index in [0.29, 0.717) is 10.7 Å². The maximum Gasteiger partial charge on any atom is 0.264 e. The first-order chi connectivity index (χ1) is 16.5. The molecule has 3 rings (SSSR count). The molecule has 34 heavy (non-hydrogen) atoms. The number of hydrogen-bond acceptors (Lipinski definition) is 4. The molecule has 2 aromatic carbocycles. The first-order valence-corrected chi connectivity index (χ1v) is 14.0. The summed E-state index contributed by atoms with van der Waals surface area (Å²) in [5.74, 6) is -0.488. The summed E-state index contributed by atoms with van der Waals surface area (Å²) in [4.78, 5) is 13.0. The van der Waals surface area contributed by atoms with Crippen LogP contribution >= 0.6 is 11.6 Å². The van der Waals surface area contributed by atoms with E-state index in [1.54, 1.807) is 36.4 Å². The molecule has 0 radical (unpaired) electrons. The molecule has 1 aliphatic rings. The van der Waals surface area contributed by atoms with Gasteiger partial charge >= 0.3 is 0 Å². The molecule has 1 saturated carbocycles. The lowest BCUT2D eigenvalue weighted by molar-refractivity contribution is -0.119. The second kappa shape index (κ2) is 13.5. The summed E-state index contributed by atoms with van der Waals surface area (Å²) in [6.07, 6.45) is 12.6. The fraction of sp³-hybridized carbons (Fsp3) is 0.462. The monoisotopic (exact) mass is 503 g/mol. The van der Waals surface area contributed by atoms with Crippen LogP contribution in [-0.4, -0.2) is 26.6 Å². The van der Waals surface area contributed by atoms with Crippen LogP contribution in [-0.2, 0) is 14.8 Å².